The van der Waals surface area contributed by atoms with Crippen LogP contribution in [0.5, 0.6) is 0 Å². The molecule has 2 N–H and O–H groups in total. The van der Waals surface area contributed by atoms with Crippen LogP contribution < -0.4 is 15.5 Å². The van der Waals surface area contributed by atoms with Gasteiger partial charge in [-0.1, -0.05) is 13.0 Å². The van der Waals surface area contributed by atoms with Crippen molar-refractivity contribution in [1.82, 2.24) is 15.5 Å². The van der Waals surface area contributed by atoms with E-state index in [1.165, 1.54) is 25.9 Å². The standard InChI is InChI=1S/C22H36FN5O/c1-18-6-10-27(11-7-18)9-3-8-25-22(24-2)26-17-19-4-5-21(20(23)16-19)28-12-14-29-15-13-28/h4-5,16,18H,3,6-15,17H2,1-2H3,(H2,24,25,26). The zero-order valence-corrected chi connectivity index (χ0v) is 17.9. The van der Waals surface area contributed by atoms with Gasteiger partial charge in [0, 0.05) is 33.2 Å². The van der Waals surface area contributed by atoms with Crippen molar-refractivity contribution < 1.29 is 9.13 Å². The Kier molecular flexibility index (Phi) is 8.55. The van der Waals surface area contributed by atoms with E-state index in [0.717, 1.165) is 50.0 Å². The summed E-state index contributed by atoms with van der Waals surface area (Å²) in [7, 11) is 1.77. The summed E-state index contributed by atoms with van der Waals surface area (Å²) in [5.74, 6) is 1.46. The number of anilines is 1. The van der Waals surface area contributed by atoms with Crippen LogP contribution in [-0.2, 0) is 11.3 Å². The molecule has 0 atom stereocenters. The molecule has 7 heteroatoms. The van der Waals surface area contributed by atoms with Crippen molar-refractivity contribution in [2.45, 2.75) is 32.7 Å². The summed E-state index contributed by atoms with van der Waals surface area (Å²) in [6.45, 7) is 10.1. The molecule has 1 aromatic rings. The van der Waals surface area contributed by atoms with Gasteiger partial charge >= 0.3 is 0 Å². The third-order valence-corrected chi connectivity index (χ3v) is 5.87. The Morgan fingerprint density at radius 2 is 1.93 bits per heavy atom. The third kappa shape index (κ3) is 6.85. The van der Waals surface area contributed by atoms with Gasteiger partial charge in [-0.05, 0) is 62.5 Å². The molecule has 1 aromatic carbocycles. The molecule has 2 aliphatic rings. The number of nitrogens with one attached hydrogen (secondary N) is 2. The molecular formula is C22H36FN5O. The number of benzene rings is 1. The zero-order chi connectivity index (χ0) is 20.5. The maximum absolute atomic E-state index is 14.5. The molecule has 29 heavy (non-hydrogen) atoms. The molecule has 2 aliphatic heterocycles. The average molecular weight is 406 g/mol. The van der Waals surface area contributed by atoms with Gasteiger partial charge < -0.3 is 25.2 Å². The molecule has 0 bridgehead atoms. The molecule has 2 saturated heterocycles. The van der Waals surface area contributed by atoms with Gasteiger partial charge in [-0.2, -0.15) is 0 Å². The fourth-order valence-electron chi connectivity index (χ4n) is 3.92. The lowest BCUT2D eigenvalue weighted by molar-refractivity contribution is 0.122. The molecule has 2 heterocycles. The van der Waals surface area contributed by atoms with E-state index >= 15 is 0 Å². The van der Waals surface area contributed by atoms with Gasteiger partial charge in [0.1, 0.15) is 5.82 Å². The highest BCUT2D eigenvalue weighted by atomic mass is 19.1. The number of hydrogen-bond acceptors (Lipinski definition) is 4. The number of rotatable bonds is 7. The number of likely N-dealkylation sites (tertiary alicyclic amines) is 1. The van der Waals surface area contributed by atoms with Gasteiger partial charge in [-0.3, -0.25) is 4.99 Å². The second kappa shape index (κ2) is 11.4. The Morgan fingerprint density at radius 1 is 1.17 bits per heavy atom. The second-order valence-electron chi connectivity index (χ2n) is 8.12. The molecule has 162 valence electrons. The third-order valence-electron chi connectivity index (χ3n) is 5.87. The Morgan fingerprint density at radius 3 is 2.62 bits per heavy atom. The smallest absolute Gasteiger partial charge is 0.191 e. The summed E-state index contributed by atoms with van der Waals surface area (Å²) >= 11 is 0. The number of morpholine rings is 1. The molecule has 0 saturated carbocycles. The first-order valence-corrected chi connectivity index (χ1v) is 10.9. The van der Waals surface area contributed by atoms with E-state index < -0.39 is 0 Å². The molecule has 0 aromatic heterocycles. The van der Waals surface area contributed by atoms with Crippen molar-refractivity contribution in [3.8, 4) is 0 Å². The van der Waals surface area contributed by atoms with Crippen LogP contribution in [-0.4, -0.2) is 70.4 Å². The summed E-state index contributed by atoms with van der Waals surface area (Å²) in [6.07, 6.45) is 3.73. The van der Waals surface area contributed by atoms with E-state index in [-0.39, 0.29) is 5.82 Å². The quantitative estimate of drug-likeness (QED) is 0.415. The normalized spacial score (nSPS) is 19.4. The summed E-state index contributed by atoms with van der Waals surface area (Å²) < 4.78 is 19.9. The van der Waals surface area contributed by atoms with Gasteiger partial charge in [0.15, 0.2) is 5.96 Å². The lowest BCUT2D eigenvalue weighted by Crippen LogP contribution is -2.39. The Hall–Kier alpha value is -1.86. The van der Waals surface area contributed by atoms with Crippen LogP contribution in [0.4, 0.5) is 10.1 Å². The monoisotopic (exact) mass is 405 g/mol. The maximum Gasteiger partial charge on any atom is 0.191 e. The first kappa shape index (κ1) is 21.8. The predicted molar refractivity (Wildman–Crippen MR) is 117 cm³/mol. The van der Waals surface area contributed by atoms with Gasteiger partial charge in [-0.15, -0.1) is 0 Å². The maximum atomic E-state index is 14.5. The average Bonchev–Trinajstić information content (AvgIpc) is 2.75. The number of piperidine rings is 1. The highest BCUT2D eigenvalue weighted by Gasteiger charge is 2.16. The Bertz CT molecular complexity index is 655. The van der Waals surface area contributed by atoms with E-state index in [9.17, 15) is 4.39 Å². The van der Waals surface area contributed by atoms with Crippen LogP contribution in [0.15, 0.2) is 23.2 Å². The van der Waals surface area contributed by atoms with Gasteiger partial charge in [-0.25, -0.2) is 4.39 Å². The number of nitrogens with zero attached hydrogens (tertiary/aromatic N) is 3. The van der Waals surface area contributed by atoms with Gasteiger partial charge in [0.05, 0.1) is 18.9 Å². The summed E-state index contributed by atoms with van der Waals surface area (Å²) in [5.41, 5.74) is 1.57. The molecule has 0 unspecified atom stereocenters. The highest BCUT2D eigenvalue weighted by molar-refractivity contribution is 5.79. The Balaban J connectivity index is 1.38. The molecule has 0 radical (unpaired) electrons. The topological polar surface area (TPSA) is 52.1 Å². The van der Waals surface area contributed by atoms with Crippen LogP contribution in [0.2, 0.25) is 0 Å². The van der Waals surface area contributed by atoms with Crippen molar-refractivity contribution in [3.05, 3.63) is 29.6 Å². The van der Waals surface area contributed by atoms with Gasteiger partial charge in [0.2, 0.25) is 0 Å². The largest absolute Gasteiger partial charge is 0.378 e. The molecule has 3 rings (SSSR count). The summed E-state index contributed by atoms with van der Waals surface area (Å²) in [5, 5.41) is 6.64. The fourth-order valence-corrected chi connectivity index (χ4v) is 3.92. The molecule has 0 amide bonds. The summed E-state index contributed by atoms with van der Waals surface area (Å²) in [6, 6.07) is 5.46. The van der Waals surface area contributed by atoms with Gasteiger partial charge in [0.25, 0.3) is 0 Å². The molecule has 2 fully saturated rings. The predicted octanol–water partition coefficient (Wildman–Crippen LogP) is 2.45. The van der Waals surface area contributed by atoms with E-state index in [0.29, 0.717) is 25.4 Å². The van der Waals surface area contributed by atoms with Crippen LogP contribution in [0, 0.1) is 11.7 Å². The van der Waals surface area contributed by atoms with Crippen molar-refractivity contribution in [3.63, 3.8) is 0 Å². The minimum absolute atomic E-state index is 0.176. The second-order valence-corrected chi connectivity index (χ2v) is 8.12. The van der Waals surface area contributed by atoms with E-state index in [2.05, 4.69) is 27.4 Å². The first-order chi connectivity index (χ1) is 14.2. The fraction of sp³-hybridized carbons (Fsp3) is 0.682. The van der Waals surface area contributed by atoms with Crippen LogP contribution >= 0.6 is 0 Å². The molecule has 6 nitrogen and oxygen atoms in total. The molecular weight excluding hydrogens is 369 g/mol. The zero-order valence-electron chi connectivity index (χ0n) is 17.9. The van der Waals surface area contributed by atoms with E-state index in [1.54, 1.807) is 13.1 Å². The highest BCUT2D eigenvalue weighted by Crippen LogP contribution is 2.21. The molecule has 0 spiro atoms. The van der Waals surface area contributed by atoms with Crippen molar-refractivity contribution in [2.75, 3.05) is 64.4 Å². The van der Waals surface area contributed by atoms with Crippen molar-refractivity contribution >= 4 is 11.6 Å². The number of aliphatic imine (C=N–C) groups is 1. The Labute approximate surface area is 174 Å². The summed E-state index contributed by atoms with van der Waals surface area (Å²) in [4.78, 5) is 8.87. The number of guanidine groups is 1. The minimum Gasteiger partial charge on any atom is -0.378 e. The van der Waals surface area contributed by atoms with Crippen LogP contribution in [0.3, 0.4) is 0 Å². The van der Waals surface area contributed by atoms with Crippen molar-refractivity contribution in [2.24, 2.45) is 10.9 Å². The first-order valence-electron chi connectivity index (χ1n) is 10.9. The number of ether oxygens (including phenoxy) is 1. The number of hydrogen-bond donors (Lipinski definition) is 2. The molecule has 0 aliphatic carbocycles. The lowest BCUT2D eigenvalue weighted by atomic mass is 9.99. The van der Waals surface area contributed by atoms with Crippen LogP contribution in [0.25, 0.3) is 0 Å². The van der Waals surface area contributed by atoms with Crippen molar-refractivity contribution in [1.29, 1.82) is 0 Å². The minimum atomic E-state index is -0.176. The van der Waals surface area contributed by atoms with E-state index in [1.807, 2.05) is 17.0 Å². The SMILES string of the molecule is CN=C(NCCCN1CCC(C)CC1)NCc1ccc(N2CCOCC2)c(F)c1. The lowest BCUT2D eigenvalue weighted by Gasteiger charge is -2.30. The number of halogens is 1. The van der Waals surface area contributed by atoms with Crippen LogP contribution in [0.1, 0.15) is 31.7 Å². The van der Waals surface area contributed by atoms with E-state index in [4.69, 9.17) is 4.74 Å².